The molecule has 1 aliphatic heterocycles. The maximum atomic E-state index is 11.8. The van der Waals surface area contributed by atoms with Gasteiger partial charge >= 0.3 is 0 Å². The van der Waals surface area contributed by atoms with Crippen molar-refractivity contribution in [2.75, 3.05) is 0 Å². The molecule has 0 spiro atoms. The summed E-state index contributed by atoms with van der Waals surface area (Å²) in [5.41, 5.74) is 2.58. The van der Waals surface area contributed by atoms with E-state index >= 15 is 0 Å². The van der Waals surface area contributed by atoms with E-state index in [1.54, 1.807) is 0 Å². The number of benzene rings is 1. The monoisotopic (exact) mass is 194 g/mol. The van der Waals surface area contributed by atoms with Crippen molar-refractivity contribution in [3.63, 3.8) is 0 Å². The van der Waals surface area contributed by atoms with E-state index in [0.717, 1.165) is 5.75 Å². The van der Waals surface area contributed by atoms with Crippen LogP contribution in [0.5, 0.6) is 0 Å². The standard InChI is InChI=1S/C11H14OS/c1-8(2)11-10-6-4-3-5-9(10)7-13(11)12/h3-6,8,11H,7H2,1-2H3. The second-order valence-electron chi connectivity index (χ2n) is 3.89. The van der Waals surface area contributed by atoms with Gasteiger partial charge in [0.2, 0.25) is 0 Å². The van der Waals surface area contributed by atoms with E-state index in [9.17, 15) is 4.21 Å². The van der Waals surface area contributed by atoms with E-state index in [-0.39, 0.29) is 5.25 Å². The van der Waals surface area contributed by atoms with Crippen LogP contribution in [0.25, 0.3) is 0 Å². The summed E-state index contributed by atoms with van der Waals surface area (Å²) in [6.07, 6.45) is 0. The Balaban J connectivity index is 2.46. The molecule has 0 saturated heterocycles. The van der Waals surface area contributed by atoms with E-state index < -0.39 is 10.8 Å². The predicted octanol–water partition coefficient (Wildman–Crippen LogP) is 2.65. The Hall–Kier alpha value is -0.630. The van der Waals surface area contributed by atoms with Gasteiger partial charge in [-0.05, 0) is 17.0 Å². The largest absolute Gasteiger partial charge is 0.259 e. The van der Waals surface area contributed by atoms with E-state index in [4.69, 9.17) is 0 Å². The quantitative estimate of drug-likeness (QED) is 0.671. The summed E-state index contributed by atoms with van der Waals surface area (Å²) in [5.74, 6) is 1.23. The minimum atomic E-state index is -0.687. The van der Waals surface area contributed by atoms with Gasteiger partial charge in [0.25, 0.3) is 0 Å². The summed E-state index contributed by atoms with van der Waals surface area (Å²) in [5, 5.41) is 0.260. The maximum absolute atomic E-state index is 11.8. The summed E-state index contributed by atoms with van der Waals surface area (Å²) in [4.78, 5) is 0. The van der Waals surface area contributed by atoms with Crippen LogP contribution in [0.1, 0.15) is 30.2 Å². The summed E-state index contributed by atoms with van der Waals surface area (Å²) in [7, 11) is -0.687. The van der Waals surface area contributed by atoms with Crippen molar-refractivity contribution in [3.8, 4) is 0 Å². The van der Waals surface area contributed by atoms with Gasteiger partial charge in [-0.25, -0.2) is 0 Å². The van der Waals surface area contributed by atoms with Crippen LogP contribution in [0.2, 0.25) is 0 Å². The van der Waals surface area contributed by atoms with Gasteiger partial charge in [0.1, 0.15) is 0 Å². The maximum Gasteiger partial charge on any atom is 0.0626 e. The fraction of sp³-hybridized carbons (Fsp3) is 0.455. The number of hydrogen-bond donors (Lipinski definition) is 0. The molecule has 13 heavy (non-hydrogen) atoms. The highest BCUT2D eigenvalue weighted by molar-refractivity contribution is 7.84. The molecular weight excluding hydrogens is 180 g/mol. The van der Waals surface area contributed by atoms with Crippen LogP contribution in [0.15, 0.2) is 24.3 Å². The predicted molar refractivity (Wildman–Crippen MR) is 55.9 cm³/mol. The molecule has 0 fully saturated rings. The molecule has 0 aliphatic carbocycles. The van der Waals surface area contributed by atoms with Crippen LogP contribution in [0, 0.1) is 5.92 Å². The first kappa shape index (κ1) is 8.95. The van der Waals surface area contributed by atoms with E-state index in [2.05, 4.69) is 26.0 Å². The first-order chi connectivity index (χ1) is 6.20. The van der Waals surface area contributed by atoms with E-state index in [1.165, 1.54) is 11.1 Å². The van der Waals surface area contributed by atoms with Crippen molar-refractivity contribution in [1.29, 1.82) is 0 Å². The number of hydrogen-bond acceptors (Lipinski definition) is 1. The molecule has 0 aromatic heterocycles. The Kier molecular flexibility index (Phi) is 2.24. The first-order valence-electron chi connectivity index (χ1n) is 4.65. The summed E-state index contributed by atoms with van der Waals surface area (Å²) in [6.45, 7) is 4.29. The molecule has 2 rings (SSSR count). The van der Waals surface area contributed by atoms with Crippen molar-refractivity contribution in [2.24, 2.45) is 5.92 Å². The van der Waals surface area contributed by atoms with Crippen LogP contribution in [0.3, 0.4) is 0 Å². The molecule has 0 saturated carbocycles. The highest BCUT2D eigenvalue weighted by Crippen LogP contribution is 2.38. The van der Waals surface area contributed by atoms with Gasteiger partial charge < -0.3 is 0 Å². The van der Waals surface area contributed by atoms with Crippen LogP contribution in [0.4, 0.5) is 0 Å². The molecule has 0 bridgehead atoms. The summed E-state index contributed by atoms with van der Waals surface area (Å²) in [6, 6.07) is 8.27. The molecule has 0 radical (unpaired) electrons. The molecule has 0 N–H and O–H groups in total. The molecule has 2 unspecified atom stereocenters. The second-order valence-corrected chi connectivity index (χ2v) is 5.45. The smallest absolute Gasteiger partial charge is 0.0626 e. The Morgan fingerprint density at radius 3 is 2.77 bits per heavy atom. The van der Waals surface area contributed by atoms with Crippen molar-refractivity contribution in [2.45, 2.75) is 24.9 Å². The molecule has 0 amide bonds. The molecule has 1 aromatic rings. The molecule has 1 aliphatic rings. The van der Waals surface area contributed by atoms with Crippen LogP contribution >= 0.6 is 0 Å². The average molecular weight is 194 g/mol. The zero-order valence-electron chi connectivity index (χ0n) is 7.99. The molecule has 70 valence electrons. The van der Waals surface area contributed by atoms with E-state index in [0.29, 0.717) is 5.92 Å². The minimum Gasteiger partial charge on any atom is -0.259 e. The van der Waals surface area contributed by atoms with Gasteiger partial charge in [0.05, 0.1) is 5.25 Å². The van der Waals surface area contributed by atoms with Crippen molar-refractivity contribution >= 4 is 10.8 Å². The highest BCUT2D eigenvalue weighted by atomic mass is 32.2. The third-order valence-electron chi connectivity index (χ3n) is 2.55. The summed E-state index contributed by atoms with van der Waals surface area (Å²) >= 11 is 0. The molecule has 1 nitrogen and oxygen atoms in total. The topological polar surface area (TPSA) is 17.1 Å². The molecule has 2 heteroatoms. The van der Waals surface area contributed by atoms with Gasteiger partial charge in [-0.1, -0.05) is 38.1 Å². The average Bonchev–Trinajstić information content (AvgIpc) is 2.39. The van der Waals surface area contributed by atoms with Crippen LogP contribution in [-0.4, -0.2) is 4.21 Å². The van der Waals surface area contributed by atoms with Crippen molar-refractivity contribution in [3.05, 3.63) is 35.4 Å². The Morgan fingerprint density at radius 2 is 2.08 bits per heavy atom. The van der Waals surface area contributed by atoms with Crippen LogP contribution < -0.4 is 0 Å². The lowest BCUT2D eigenvalue weighted by Gasteiger charge is -2.13. The van der Waals surface area contributed by atoms with Crippen molar-refractivity contribution < 1.29 is 4.21 Å². The minimum absolute atomic E-state index is 0.260. The van der Waals surface area contributed by atoms with Gasteiger partial charge in [-0.15, -0.1) is 0 Å². The van der Waals surface area contributed by atoms with E-state index in [1.807, 2.05) is 12.1 Å². The van der Waals surface area contributed by atoms with Gasteiger partial charge in [0.15, 0.2) is 0 Å². The van der Waals surface area contributed by atoms with Crippen LogP contribution in [-0.2, 0) is 16.6 Å². The lowest BCUT2D eigenvalue weighted by atomic mass is 9.99. The van der Waals surface area contributed by atoms with Gasteiger partial charge in [0, 0.05) is 16.6 Å². The molecule has 1 aromatic carbocycles. The second kappa shape index (κ2) is 3.26. The fourth-order valence-electron chi connectivity index (χ4n) is 1.99. The zero-order chi connectivity index (χ0) is 9.42. The summed E-state index contributed by atoms with van der Waals surface area (Å²) < 4.78 is 11.8. The Labute approximate surface area is 81.6 Å². The van der Waals surface area contributed by atoms with Gasteiger partial charge in [-0.2, -0.15) is 0 Å². The fourth-order valence-corrected chi connectivity index (χ4v) is 3.86. The third kappa shape index (κ3) is 1.44. The lowest BCUT2D eigenvalue weighted by Crippen LogP contribution is -2.07. The number of fused-ring (bicyclic) bond motifs is 1. The first-order valence-corrected chi connectivity index (χ1v) is 6.03. The van der Waals surface area contributed by atoms with Gasteiger partial charge in [-0.3, -0.25) is 4.21 Å². The molecule has 2 atom stereocenters. The highest BCUT2D eigenvalue weighted by Gasteiger charge is 2.30. The Bertz CT molecular complexity index is 344. The number of rotatable bonds is 1. The third-order valence-corrected chi connectivity index (χ3v) is 4.51. The zero-order valence-corrected chi connectivity index (χ0v) is 8.80. The molecule has 1 heterocycles. The lowest BCUT2D eigenvalue weighted by molar-refractivity contribution is 0.605. The molecular formula is C11H14OS. The normalized spacial score (nSPS) is 26.4. The SMILES string of the molecule is CC(C)C1c2ccccc2CS1=O. The Morgan fingerprint density at radius 1 is 1.38 bits per heavy atom. The van der Waals surface area contributed by atoms with Crippen molar-refractivity contribution in [1.82, 2.24) is 0 Å².